The Bertz CT molecular complexity index is 1010. The molecule has 0 aliphatic rings. The van der Waals surface area contributed by atoms with E-state index >= 15 is 0 Å². The second kappa shape index (κ2) is 6.88. The Balaban J connectivity index is 1.79. The van der Waals surface area contributed by atoms with Gasteiger partial charge in [0.1, 0.15) is 23.7 Å². The van der Waals surface area contributed by atoms with Crippen LogP contribution in [0.4, 0.5) is 5.82 Å². The number of nitrogens with zero attached hydrogens (tertiary/aromatic N) is 2. The summed E-state index contributed by atoms with van der Waals surface area (Å²) in [7, 11) is 1.64. The van der Waals surface area contributed by atoms with Gasteiger partial charge >= 0.3 is 0 Å². The van der Waals surface area contributed by atoms with Crippen LogP contribution in [0, 0.1) is 0 Å². The molecule has 0 radical (unpaired) electrons. The average Bonchev–Trinajstić information content (AvgIpc) is 3.22. The number of ether oxygens (including phenoxy) is 1. The van der Waals surface area contributed by atoms with Gasteiger partial charge in [0.15, 0.2) is 0 Å². The highest BCUT2D eigenvalue weighted by molar-refractivity contribution is 5.94. The molecule has 0 aliphatic carbocycles. The summed E-state index contributed by atoms with van der Waals surface area (Å²) in [5.41, 5.74) is 2.88. The van der Waals surface area contributed by atoms with E-state index in [2.05, 4.69) is 34.3 Å². The highest BCUT2D eigenvalue weighted by Crippen LogP contribution is 2.36. The molecule has 1 atom stereocenters. The molecule has 130 valence electrons. The number of aromatic nitrogens is 2. The van der Waals surface area contributed by atoms with Gasteiger partial charge in [0.25, 0.3) is 0 Å². The Morgan fingerprint density at radius 3 is 2.62 bits per heavy atom. The largest absolute Gasteiger partial charge is 0.496 e. The van der Waals surface area contributed by atoms with Gasteiger partial charge in [0.05, 0.1) is 24.5 Å². The third kappa shape index (κ3) is 2.99. The molecule has 5 nitrogen and oxygen atoms in total. The molecule has 0 amide bonds. The van der Waals surface area contributed by atoms with Gasteiger partial charge in [-0.15, -0.1) is 0 Å². The van der Waals surface area contributed by atoms with Gasteiger partial charge in [0.2, 0.25) is 0 Å². The van der Waals surface area contributed by atoms with Crippen LogP contribution in [0.25, 0.3) is 22.2 Å². The Morgan fingerprint density at radius 2 is 1.88 bits per heavy atom. The van der Waals surface area contributed by atoms with Crippen molar-refractivity contribution in [3.8, 4) is 17.1 Å². The maximum absolute atomic E-state index is 5.56. The van der Waals surface area contributed by atoms with E-state index in [0.717, 1.165) is 28.0 Å². The van der Waals surface area contributed by atoms with Gasteiger partial charge < -0.3 is 14.5 Å². The molecule has 0 saturated carbocycles. The van der Waals surface area contributed by atoms with E-state index in [4.69, 9.17) is 9.15 Å². The van der Waals surface area contributed by atoms with Crippen molar-refractivity contribution in [2.45, 2.75) is 13.0 Å². The summed E-state index contributed by atoms with van der Waals surface area (Å²) in [5.74, 6) is 2.24. The summed E-state index contributed by atoms with van der Waals surface area (Å²) >= 11 is 0. The van der Waals surface area contributed by atoms with Crippen molar-refractivity contribution < 1.29 is 9.15 Å². The van der Waals surface area contributed by atoms with Gasteiger partial charge in [0, 0.05) is 17.5 Å². The van der Waals surface area contributed by atoms with Crippen molar-refractivity contribution in [2.75, 3.05) is 12.4 Å². The van der Waals surface area contributed by atoms with Crippen molar-refractivity contribution >= 4 is 16.7 Å². The van der Waals surface area contributed by atoms with E-state index in [9.17, 15) is 0 Å². The number of nitrogens with one attached hydrogen (secondary N) is 1. The van der Waals surface area contributed by atoms with Crippen LogP contribution in [0.2, 0.25) is 0 Å². The summed E-state index contributed by atoms with van der Waals surface area (Å²) < 4.78 is 11.1. The van der Waals surface area contributed by atoms with Crippen LogP contribution < -0.4 is 10.1 Å². The molecule has 4 rings (SSSR count). The van der Waals surface area contributed by atoms with Crippen LogP contribution in [0.5, 0.6) is 5.75 Å². The number of anilines is 1. The van der Waals surface area contributed by atoms with Gasteiger partial charge in [-0.1, -0.05) is 30.3 Å². The molecule has 2 heterocycles. The molecule has 1 N–H and O–H groups in total. The van der Waals surface area contributed by atoms with Crippen LogP contribution >= 0.6 is 0 Å². The standard InChI is InChI=1S/C21H19N3O2/c1-14(15-7-4-3-5-8-15)24-21-16-11-17(19-9-6-10-26-19)20(25-2)12-18(16)22-13-23-21/h3-14H,1-2H3,(H,22,23,24). The van der Waals surface area contributed by atoms with Gasteiger partial charge in [-0.25, -0.2) is 9.97 Å². The molecule has 26 heavy (non-hydrogen) atoms. The lowest BCUT2D eigenvalue weighted by molar-refractivity contribution is 0.415. The summed E-state index contributed by atoms with van der Waals surface area (Å²) in [6.07, 6.45) is 3.21. The van der Waals surface area contributed by atoms with Crippen LogP contribution in [-0.2, 0) is 0 Å². The number of furan rings is 1. The number of rotatable bonds is 5. The normalized spacial score (nSPS) is 12.1. The third-order valence-electron chi connectivity index (χ3n) is 4.40. The number of benzene rings is 2. The monoisotopic (exact) mass is 345 g/mol. The van der Waals surface area contributed by atoms with Crippen LogP contribution in [0.15, 0.2) is 71.6 Å². The fourth-order valence-corrected chi connectivity index (χ4v) is 3.02. The van der Waals surface area contributed by atoms with E-state index in [0.29, 0.717) is 5.75 Å². The minimum absolute atomic E-state index is 0.114. The summed E-state index contributed by atoms with van der Waals surface area (Å²) in [6.45, 7) is 2.11. The van der Waals surface area contributed by atoms with Crippen molar-refractivity contribution in [1.82, 2.24) is 9.97 Å². The number of fused-ring (bicyclic) bond motifs is 1. The highest BCUT2D eigenvalue weighted by Gasteiger charge is 2.15. The van der Waals surface area contributed by atoms with E-state index in [-0.39, 0.29) is 6.04 Å². The van der Waals surface area contributed by atoms with E-state index < -0.39 is 0 Å². The van der Waals surface area contributed by atoms with Crippen LogP contribution in [-0.4, -0.2) is 17.1 Å². The predicted octanol–water partition coefficient (Wildman–Crippen LogP) is 5.07. The Morgan fingerprint density at radius 1 is 1.04 bits per heavy atom. The van der Waals surface area contributed by atoms with Gasteiger partial charge in [-0.05, 0) is 30.7 Å². The predicted molar refractivity (Wildman–Crippen MR) is 102 cm³/mol. The maximum Gasteiger partial charge on any atom is 0.137 e. The Labute approximate surface area is 151 Å². The average molecular weight is 345 g/mol. The molecule has 0 aliphatic heterocycles. The molecule has 0 bridgehead atoms. The van der Waals surface area contributed by atoms with Crippen LogP contribution in [0.1, 0.15) is 18.5 Å². The second-order valence-electron chi connectivity index (χ2n) is 6.05. The topological polar surface area (TPSA) is 60.2 Å². The lowest BCUT2D eigenvalue weighted by Gasteiger charge is -2.17. The number of methoxy groups -OCH3 is 1. The lowest BCUT2D eigenvalue weighted by atomic mass is 10.1. The SMILES string of the molecule is COc1cc2ncnc(NC(C)c3ccccc3)c2cc1-c1ccco1. The zero-order valence-corrected chi connectivity index (χ0v) is 14.6. The summed E-state index contributed by atoms with van der Waals surface area (Å²) in [4.78, 5) is 8.85. The summed E-state index contributed by atoms with van der Waals surface area (Å²) in [5, 5.41) is 4.41. The van der Waals surface area contributed by atoms with Gasteiger partial charge in [-0.3, -0.25) is 0 Å². The van der Waals surface area contributed by atoms with E-state index in [1.165, 1.54) is 5.56 Å². The Kier molecular flexibility index (Phi) is 4.27. The smallest absolute Gasteiger partial charge is 0.137 e. The summed E-state index contributed by atoms with van der Waals surface area (Å²) in [6, 6.07) is 18.1. The fraction of sp³-hybridized carbons (Fsp3) is 0.143. The molecule has 2 aromatic heterocycles. The molecule has 0 fully saturated rings. The first kappa shape index (κ1) is 16.1. The van der Waals surface area contributed by atoms with Crippen molar-refractivity contribution in [3.05, 3.63) is 72.8 Å². The van der Waals surface area contributed by atoms with E-state index in [1.54, 1.807) is 19.7 Å². The fourth-order valence-electron chi connectivity index (χ4n) is 3.02. The first-order valence-corrected chi connectivity index (χ1v) is 8.44. The van der Waals surface area contributed by atoms with Crippen LogP contribution in [0.3, 0.4) is 0 Å². The van der Waals surface area contributed by atoms with Gasteiger partial charge in [-0.2, -0.15) is 0 Å². The lowest BCUT2D eigenvalue weighted by Crippen LogP contribution is -2.08. The Hall–Kier alpha value is -3.34. The molecular weight excluding hydrogens is 326 g/mol. The quantitative estimate of drug-likeness (QED) is 0.547. The third-order valence-corrected chi connectivity index (χ3v) is 4.40. The molecule has 5 heteroatoms. The maximum atomic E-state index is 5.56. The van der Waals surface area contributed by atoms with Crippen molar-refractivity contribution in [3.63, 3.8) is 0 Å². The molecular formula is C21H19N3O2. The second-order valence-corrected chi connectivity index (χ2v) is 6.05. The number of hydrogen-bond acceptors (Lipinski definition) is 5. The molecule has 4 aromatic rings. The molecule has 1 unspecified atom stereocenters. The molecule has 0 spiro atoms. The van der Waals surface area contributed by atoms with Crippen molar-refractivity contribution in [1.29, 1.82) is 0 Å². The highest BCUT2D eigenvalue weighted by atomic mass is 16.5. The first-order chi connectivity index (χ1) is 12.8. The van der Waals surface area contributed by atoms with Crippen molar-refractivity contribution in [2.24, 2.45) is 0 Å². The molecule has 2 aromatic carbocycles. The zero-order chi connectivity index (χ0) is 17.9. The zero-order valence-electron chi connectivity index (χ0n) is 14.6. The number of hydrogen-bond donors (Lipinski definition) is 1. The molecule has 0 saturated heterocycles. The minimum atomic E-state index is 0.114. The minimum Gasteiger partial charge on any atom is -0.496 e. The van der Waals surface area contributed by atoms with E-state index in [1.807, 2.05) is 42.5 Å². The first-order valence-electron chi connectivity index (χ1n) is 8.44.